The molecule has 0 unspecified atom stereocenters. The van der Waals surface area contributed by atoms with E-state index in [1.807, 2.05) is 31.2 Å². The van der Waals surface area contributed by atoms with Crippen molar-refractivity contribution in [2.24, 2.45) is 0 Å². The molecule has 160 valence electrons. The van der Waals surface area contributed by atoms with Crippen LogP contribution in [0.15, 0.2) is 54.7 Å². The van der Waals surface area contributed by atoms with Crippen LogP contribution in [-0.2, 0) is 10.2 Å². The highest BCUT2D eigenvalue weighted by Crippen LogP contribution is 2.41. The van der Waals surface area contributed by atoms with Crippen LogP contribution in [0.3, 0.4) is 0 Å². The lowest BCUT2D eigenvalue weighted by Crippen LogP contribution is -2.42. The van der Waals surface area contributed by atoms with Crippen LogP contribution in [0.1, 0.15) is 44.6 Å². The summed E-state index contributed by atoms with van der Waals surface area (Å²) < 4.78 is 5.68. The Kier molecular flexibility index (Phi) is 5.84. The molecule has 0 saturated heterocycles. The number of nitrogens with zero attached hydrogens (tertiary/aromatic N) is 2. The Balaban J connectivity index is 1.71. The Morgan fingerprint density at radius 3 is 2.55 bits per heavy atom. The molecule has 1 N–H and O–H groups in total. The van der Waals surface area contributed by atoms with Crippen molar-refractivity contribution in [2.45, 2.75) is 44.4 Å². The number of nitro groups is 1. The molecule has 2 aromatic carbocycles. The number of hydrogen-bond donors (Lipinski definition) is 1. The number of benzene rings is 2. The predicted molar refractivity (Wildman–Crippen MR) is 119 cm³/mol. The summed E-state index contributed by atoms with van der Waals surface area (Å²) in [6, 6.07) is 13.8. The zero-order valence-corrected chi connectivity index (χ0v) is 17.5. The minimum absolute atomic E-state index is 0.0266. The van der Waals surface area contributed by atoms with Crippen LogP contribution in [0, 0.1) is 10.1 Å². The molecule has 0 aliphatic heterocycles. The van der Waals surface area contributed by atoms with Crippen molar-refractivity contribution in [3.8, 4) is 5.75 Å². The van der Waals surface area contributed by atoms with E-state index in [9.17, 15) is 14.9 Å². The van der Waals surface area contributed by atoms with E-state index in [1.54, 1.807) is 18.3 Å². The first-order valence-electron chi connectivity index (χ1n) is 10.6. The molecule has 7 heteroatoms. The van der Waals surface area contributed by atoms with Crippen LogP contribution >= 0.6 is 0 Å². The average Bonchev–Trinajstić information content (AvgIpc) is 2.81. The number of pyridine rings is 1. The Bertz CT molecular complexity index is 1110. The minimum Gasteiger partial charge on any atom is -0.492 e. The van der Waals surface area contributed by atoms with E-state index in [0.29, 0.717) is 36.4 Å². The van der Waals surface area contributed by atoms with Gasteiger partial charge in [-0.1, -0.05) is 31.4 Å². The molecular weight excluding hydrogens is 394 g/mol. The number of anilines is 1. The summed E-state index contributed by atoms with van der Waals surface area (Å²) in [6.07, 6.45) is 6.09. The van der Waals surface area contributed by atoms with Gasteiger partial charge in [-0.3, -0.25) is 19.9 Å². The largest absolute Gasteiger partial charge is 0.492 e. The van der Waals surface area contributed by atoms with Crippen LogP contribution in [0.5, 0.6) is 5.75 Å². The van der Waals surface area contributed by atoms with Gasteiger partial charge in [0.1, 0.15) is 11.3 Å². The number of nitro benzene ring substituents is 1. The summed E-state index contributed by atoms with van der Waals surface area (Å²) >= 11 is 0. The fraction of sp³-hybridized carbons (Fsp3) is 0.333. The van der Waals surface area contributed by atoms with Crippen molar-refractivity contribution in [1.82, 2.24) is 4.98 Å². The van der Waals surface area contributed by atoms with Crippen molar-refractivity contribution in [1.29, 1.82) is 0 Å². The second-order valence-corrected chi connectivity index (χ2v) is 7.84. The van der Waals surface area contributed by atoms with E-state index >= 15 is 0 Å². The third-order valence-corrected chi connectivity index (χ3v) is 6.05. The molecule has 1 aromatic heterocycles. The Labute approximate surface area is 180 Å². The summed E-state index contributed by atoms with van der Waals surface area (Å²) in [4.78, 5) is 28.7. The van der Waals surface area contributed by atoms with Gasteiger partial charge in [-0.05, 0) is 49.6 Å². The fourth-order valence-corrected chi connectivity index (χ4v) is 4.47. The zero-order chi connectivity index (χ0) is 21.8. The van der Waals surface area contributed by atoms with Crippen LogP contribution in [0.25, 0.3) is 10.9 Å². The molecule has 31 heavy (non-hydrogen) atoms. The fourth-order valence-electron chi connectivity index (χ4n) is 4.47. The van der Waals surface area contributed by atoms with Gasteiger partial charge in [0, 0.05) is 23.7 Å². The second kappa shape index (κ2) is 8.71. The van der Waals surface area contributed by atoms with Gasteiger partial charge in [0.15, 0.2) is 0 Å². The molecule has 1 fully saturated rings. The second-order valence-electron chi connectivity index (χ2n) is 7.84. The summed E-state index contributed by atoms with van der Waals surface area (Å²) in [5.74, 6) is 0.592. The van der Waals surface area contributed by atoms with Crippen LogP contribution in [0.4, 0.5) is 11.4 Å². The normalized spacial score (nSPS) is 15.4. The van der Waals surface area contributed by atoms with E-state index in [1.165, 1.54) is 12.1 Å². The molecule has 1 aliphatic rings. The van der Waals surface area contributed by atoms with Crippen molar-refractivity contribution in [2.75, 3.05) is 11.9 Å². The van der Waals surface area contributed by atoms with Gasteiger partial charge in [-0.25, -0.2) is 0 Å². The van der Waals surface area contributed by atoms with Crippen LogP contribution < -0.4 is 10.1 Å². The van der Waals surface area contributed by atoms with E-state index in [0.717, 1.165) is 30.2 Å². The summed E-state index contributed by atoms with van der Waals surface area (Å²) in [7, 11) is 0. The highest BCUT2D eigenvalue weighted by Gasteiger charge is 2.41. The molecule has 3 aromatic rings. The van der Waals surface area contributed by atoms with Gasteiger partial charge in [-0.15, -0.1) is 0 Å². The first kappa shape index (κ1) is 20.8. The standard InChI is InChI=1S/C24H25N3O4/c1-2-31-21-13-12-20(19-7-6-16-25-22(19)21)26-23(28)24(14-4-3-5-15-24)17-8-10-18(11-9-17)27(29)30/h6-13,16H,2-5,14-15H2,1H3,(H,26,28). The molecule has 7 nitrogen and oxygen atoms in total. The zero-order valence-electron chi connectivity index (χ0n) is 17.5. The van der Waals surface area contributed by atoms with Crippen LogP contribution in [-0.4, -0.2) is 22.4 Å². The number of non-ortho nitro benzene ring substituents is 1. The van der Waals surface area contributed by atoms with Crippen LogP contribution in [0.2, 0.25) is 0 Å². The Hall–Kier alpha value is -3.48. The van der Waals surface area contributed by atoms with E-state index < -0.39 is 10.3 Å². The third kappa shape index (κ3) is 3.95. The topological polar surface area (TPSA) is 94.4 Å². The monoisotopic (exact) mass is 419 g/mol. The van der Waals surface area contributed by atoms with Crippen molar-refractivity contribution in [3.63, 3.8) is 0 Å². The molecule has 1 heterocycles. The SMILES string of the molecule is CCOc1ccc(NC(=O)C2(c3ccc([N+](=O)[O-])cc3)CCCCC2)c2cccnc12. The predicted octanol–water partition coefficient (Wildman–Crippen LogP) is 5.38. The molecule has 1 amide bonds. The number of fused-ring (bicyclic) bond motifs is 1. The summed E-state index contributed by atoms with van der Waals surface area (Å²) in [5.41, 5.74) is 1.53. The molecule has 1 saturated carbocycles. The number of aromatic nitrogens is 1. The van der Waals surface area contributed by atoms with Crippen molar-refractivity contribution < 1.29 is 14.5 Å². The maximum absolute atomic E-state index is 13.7. The number of carbonyl (C=O) groups is 1. The lowest BCUT2D eigenvalue weighted by molar-refractivity contribution is -0.384. The molecular formula is C24H25N3O4. The Morgan fingerprint density at radius 1 is 1.13 bits per heavy atom. The van der Waals surface area contributed by atoms with E-state index in [4.69, 9.17) is 4.74 Å². The number of ether oxygens (including phenoxy) is 1. The van der Waals surface area contributed by atoms with E-state index in [-0.39, 0.29) is 11.6 Å². The van der Waals surface area contributed by atoms with E-state index in [2.05, 4.69) is 10.3 Å². The smallest absolute Gasteiger partial charge is 0.269 e. The molecule has 0 atom stereocenters. The quantitative estimate of drug-likeness (QED) is 0.427. The Morgan fingerprint density at radius 2 is 1.87 bits per heavy atom. The van der Waals surface area contributed by atoms with Gasteiger partial charge in [0.25, 0.3) is 5.69 Å². The lowest BCUT2D eigenvalue weighted by Gasteiger charge is -2.36. The maximum atomic E-state index is 13.7. The van der Waals surface area contributed by atoms with Gasteiger partial charge < -0.3 is 10.1 Å². The molecule has 0 radical (unpaired) electrons. The van der Waals surface area contributed by atoms with Crippen molar-refractivity contribution in [3.05, 3.63) is 70.4 Å². The van der Waals surface area contributed by atoms with Gasteiger partial charge >= 0.3 is 0 Å². The van der Waals surface area contributed by atoms with Gasteiger partial charge in [-0.2, -0.15) is 0 Å². The summed E-state index contributed by atoms with van der Waals surface area (Å²) in [5, 5.41) is 15.0. The van der Waals surface area contributed by atoms with Gasteiger partial charge in [0.05, 0.1) is 22.6 Å². The lowest BCUT2D eigenvalue weighted by atomic mass is 9.68. The molecule has 1 aliphatic carbocycles. The average molecular weight is 419 g/mol. The highest BCUT2D eigenvalue weighted by atomic mass is 16.6. The highest BCUT2D eigenvalue weighted by molar-refractivity contribution is 6.06. The third-order valence-electron chi connectivity index (χ3n) is 6.05. The number of nitrogens with one attached hydrogen (secondary N) is 1. The summed E-state index contributed by atoms with van der Waals surface area (Å²) in [6.45, 7) is 2.45. The van der Waals surface area contributed by atoms with Crippen molar-refractivity contribution >= 4 is 28.2 Å². The first-order chi connectivity index (χ1) is 15.0. The number of amides is 1. The molecule has 0 bridgehead atoms. The minimum atomic E-state index is -0.708. The molecule has 4 rings (SSSR count). The number of carbonyl (C=O) groups excluding carboxylic acids is 1. The maximum Gasteiger partial charge on any atom is 0.269 e. The van der Waals surface area contributed by atoms with Gasteiger partial charge in [0.2, 0.25) is 5.91 Å². The molecule has 0 spiro atoms. The number of hydrogen-bond acceptors (Lipinski definition) is 5. The number of rotatable bonds is 6. The first-order valence-corrected chi connectivity index (χ1v) is 10.6.